The molecule has 226 valence electrons. The van der Waals surface area contributed by atoms with Crippen molar-refractivity contribution in [2.45, 2.75) is 44.9 Å². The van der Waals surface area contributed by atoms with Crippen molar-refractivity contribution in [2.24, 2.45) is 5.92 Å². The molecule has 7 rings (SSSR count). The Morgan fingerprint density at radius 3 is 2.46 bits per heavy atom. The van der Waals surface area contributed by atoms with Gasteiger partial charge in [0.25, 0.3) is 0 Å². The first-order valence-corrected chi connectivity index (χ1v) is 16.4. The smallest absolute Gasteiger partial charge is 0.136 e. The van der Waals surface area contributed by atoms with Crippen LogP contribution >= 0.6 is 0 Å². The molecule has 0 fully saturated rings. The zero-order valence-electron chi connectivity index (χ0n) is 26.6. The third-order valence-electron chi connectivity index (χ3n) is 9.17. The van der Waals surface area contributed by atoms with Gasteiger partial charge in [-0.1, -0.05) is 116 Å². The number of rotatable bonds is 9. The third kappa shape index (κ3) is 6.19. The predicted octanol–water partition coefficient (Wildman–Crippen LogP) is 11.0. The molecule has 0 saturated carbocycles. The molecule has 46 heavy (non-hydrogen) atoms. The normalized spacial score (nSPS) is 15.9. The van der Waals surface area contributed by atoms with E-state index in [4.69, 9.17) is 9.97 Å². The van der Waals surface area contributed by atoms with Crippen LogP contribution in [0.4, 0.5) is 0 Å². The first kappa shape index (κ1) is 29.6. The Morgan fingerprint density at radius 1 is 0.826 bits per heavy atom. The fourth-order valence-corrected chi connectivity index (χ4v) is 6.94. The molecule has 3 nitrogen and oxygen atoms in total. The lowest BCUT2D eigenvalue weighted by atomic mass is 9.86. The Balaban J connectivity index is 1.29. The first-order valence-electron chi connectivity index (χ1n) is 16.4. The van der Waals surface area contributed by atoms with Gasteiger partial charge in [-0.15, -0.1) is 0 Å². The summed E-state index contributed by atoms with van der Waals surface area (Å²) in [6, 6.07) is 32.9. The molecule has 3 heteroatoms. The van der Waals surface area contributed by atoms with E-state index in [0.717, 1.165) is 36.3 Å². The summed E-state index contributed by atoms with van der Waals surface area (Å²) in [7, 11) is 0. The molecule has 0 N–H and O–H groups in total. The lowest BCUT2D eigenvalue weighted by Crippen LogP contribution is -2.11. The molecule has 0 aliphatic heterocycles. The Morgan fingerprint density at radius 2 is 1.65 bits per heavy atom. The zero-order chi connectivity index (χ0) is 31.3. The van der Waals surface area contributed by atoms with E-state index in [-0.39, 0.29) is 5.92 Å². The fourth-order valence-electron chi connectivity index (χ4n) is 6.94. The van der Waals surface area contributed by atoms with Gasteiger partial charge in [-0.05, 0) is 94.1 Å². The van der Waals surface area contributed by atoms with Gasteiger partial charge in [-0.3, -0.25) is 4.98 Å². The molecule has 0 radical (unpaired) electrons. The summed E-state index contributed by atoms with van der Waals surface area (Å²) in [6.45, 7) is 4.44. The zero-order valence-corrected chi connectivity index (χ0v) is 26.6. The monoisotopic (exact) mass is 597 g/mol. The van der Waals surface area contributed by atoms with Gasteiger partial charge in [0.15, 0.2) is 0 Å². The van der Waals surface area contributed by atoms with Crippen LogP contribution in [0.15, 0.2) is 146 Å². The van der Waals surface area contributed by atoms with Crippen molar-refractivity contribution in [2.75, 3.05) is 0 Å². The largest absolute Gasteiger partial charge is 0.264 e. The van der Waals surface area contributed by atoms with E-state index in [1.54, 1.807) is 0 Å². The van der Waals surface area contributed by atoms with Gasteiger partial charge in [0.2, 0.25) is 0 Å². The predicted molar refractivity (Wildman–Crippen MR) is 193 cm³/mol. The van der Waals surface area contributed by atoms with Crippen molar-refractivity contribution in [1.29, 1.82) is 0 Å². The number of nitrogens with zero attached hydrogens (tertiary/aromatic N) is 3. The number of benzene rings is 4. The summed E-state index contributed by atoms with van der Waals surface area (Å²) < 4.78 is 0. The van der Waals surface area contributed by atoms with Crippen LogP contribution in [-0.2, 0) is 6.42 Å². The third-order valence-corrected chi connectivity index (χ3v) is 9.17. The van der Waals surface area contributed by atoms with Gasteiger partial charge in [-0.2, -0.15) is 0 Å². The number of hydrogen-bond acceptors (Lipinski definition) is 3. The number of allylic oxidation sites excluding steroid dienone is 6. The fraction of sp³-hybridized carbons (Fsp3) is 0.186. The standard InChI is InChI=1S/C43H39N3/c1-3-13-32(36-19-12-23-44-28-36)24-30(2)25-37-29-45-43(31-14-5-4-6-15-31)46-42(37)35-18-11-17-33(26-35)41-27-34-16-7-8-20-38(34)39-21-9-10-22-40(39)41/h3-14,16-23,26-32H,15,24-25H2,1-2H3/b13-3-. The average Bonchev–Trinajstić information content (AvgIpc) is 3.12. The lowest BCUT2D eigenvalue weighted by molar-refractivity contribution is 0.500. The molecule has 2 heterocycles. The molecule has 3 unspecified atom stereocenters. The van der Waals surface area contributed by atoms with Gasteiger partial charge in [0.05, 0.1) is 5.69 Å². The highest BCUT2D eigenvalue weighted by Gasteiger charge is 2.20. The maximum atomic E-state index is 5.32. The summed E-state index contributed by atoms with van der Waals surface area (Å²) in [6.07, 6.45) is 21.9. The van der Waals surface area contributed by atoms with Crippen LogP contribution in [0.25, 0.3) is 43.9 Å². The number of aromatic nitrogens is 3. The lowest BCUT2D eigenvalue weighted by Gasteiger charge is -2.21. The van der Waals surface area contributed by atoms with Gasteiger partial charge in [0.1, 0.15) is 5.82 Å². The number of fused-ring (bicyclic) bond motifs is 3. The quantitative estimate of drug-likeness (QED) is 0.123. The van der Waals surface area contributed by atoms with E-state index in [9.17, 15) is 0 Å². The van der Waals surface area contributed by atoms with E-state index < -0.39 is 0 Å². The Hall–Kier alpha value is -5.15. The molecule has 1 aliphatic rings. The first-order chi connectivity index (χ1) is 22.7. The van der Waals surface area contributed by atoms with Gasteiger partial charge in [-0.25, -0.2) is 9.97 Å². The molecule has 0 spiro atoms. The van der Waals surface area contributed by atoms with Gasteiger partial charge in [0, 0.05) is 36.0 Å². The van der Waals surface area contributed by atoms with Crippen molar-refractivity contribution in [3.05, 3.63) is 163 Å². The van der Waals surface area contributed by atoms with Gasteiger partial charge >= 0.3 is 0 Å². The average molecular weight is 598 g/mol. The maximum Gasteiger partial charge on any atom is 0.136 e. The molecular weight excluding hydrogens is 558 g/mol. The topological polar surface area (TPSA) is 38.7 Å². The molecular formula is C43H39N3. The van der Waals surface area contributed by atoms with E-state index in [2.05, 4.69) is 146 Å². The SMILES string of the molecule is C/C=C\C(CC(C)Cc1cnc(C2C=CC=CC2)nc1-c1cccc(-c2cc3ccccc3c3ccccc23)c1)c1cccnc1. The summed E-state index contributed by atoms with van der Waals surface area (Å²) >= 11 is 0. The highest BCUT2D eigenvalue weighted by Crippen LogP contribution is 2.37. The maximum absolute atomic E-state index is 5.32. The highest BCUT2D eigenvalue weighted by atomic mass is 14.9. The summed E-state index contributed by atoms with van der Waals surface area (Å²) in [5.74, 6) is 1.81. The van der Waals surface area contributed by atoms with E-state index >= 15 is 0 Å². The van der Waals surface area contributed by atoms with E-state index in [1.165, 1.54) is 43.8 Å². The van der Waals surface area contributed by atoms with Crippen LogP contribution in [0.5, 0.6) is 0 Å². The van der Waals surface area contributed by atoms with Crippen molar-refractivity contribution in [3.8, 4) is 22.4 Å². The van der Waals surface area contributed by atoms with Crippen LogP contribution in [0, 0.1) is 5.92 Å². The molecule has 0 saturated heterocycles. The minimum Gasteiger partial charge on any atom is -0.264 e. The number of hydrogen-bond donors (Lipinski definition) is 0. The van der Waals surface area contributed by atoms with E-state index in [1.807, 2.05) is 18.5 Å². The van der Waals surface area contributed by atoms with Crippen molar-refractivity contribution < 1.29 is 0 Å². The van der Waals surface area contributed by atoms with Crippen LogP contribution in [0.1, 0.15) is 55.5 Å². The summed E-state index contributed by atoms with van der Waals surface area (Å²) in [5.41, 5.74) is 7.06. The molecule has 6 aromatic rings. The molecule has 0 amide bonds. The second-order valence-corrected chi connectivity index (χ2v) is 12.5. The van der Waals surface area contributed by atoms with Crippen LogP contribution in [0.2, 0.25) is 0 Å². The molecule has 1 aliphatic carbocycles. The second kappa shape index (κ2) is 13.5. The highest BCUT2D eigenvalue weighted by molar-refractivity contribution is 6.13. The second-order valence-electron chi connectivity index (χ2n) is 12.5. The molecule has 2 aromatic heterocycles. The van der Waals surface area contributed by atoms with E-state index in [0.29, 0.717) is 11.8 Å². The summed E-state index contributed by atoms with van der Waals surface area (Å²) in [5, 5.41) is 5.08. The Labute approximate surface area is 272 Å². The van der Waals surface area contributed by atoms with Crippen molar-refractivity contribution in [1.82, 2.24) is 15.0 Å². The molecule has 0 bridgehead atoms. The van der Waals surface area contributed by atoms with Crippen LogP contribution < -0.4 is 0 Å². The minimum absolute atomic E-state index is 0.187. The minimum atomic E-state index is 0.187. The van der Waals surface area contributed by atoms with Gasteiger partial charge < -0.3 is 0 Å². The summed E-state index contributed by atoms with van der Waals surface area (Å²) in [4.78, 5) is 14.7. The Bertz CT molecular complexity index is 2070. The van der Waals surface area contributed by atoms with Crippen LogP contribution in [0.3, 0.4) is 0 Å². The molecule has 4 aromatic carbocycles. The molecule has 3 atom stereocenters. The van der Waals surface area contributed by atoms with Crippen molar-refractivity contribution in [3.63, 3.8) is 0 Å². The van der Waals surface area contributed by atoms with Crippen LogP contribution in [-0.4, -0.2) is 15.0 Å². The Kier molecular flexibility index (Phi) is 8.65. The van der Waals surface area contributed by atoms with Crippen molar-refractivity contribution >= 4 is 21.5 Å². The number of pyridine rings is 1.